The van der Waals surface area contributed by atoms with E-state index in [0.717, 1.165) is 22.4 Å². The number of hydrogen-bond acceptors (Lipinski definition) is 2. The number of halogens is 1. The Morgan fingerprint density at radius 2 is 1.73 bits per heavy atom. The first-order chi connectivity index (χ1) is 14.6. The highest BCUT2D eigenvalue weighted by Crippen LogP contribution is 2.22. The quantitative estimate of drug-likeness (QED) is 0.426. The second kappa shape index (κ2) is 8.97. The summed E-state index contributed by atoms with van der Waals surface area (Å²) in [6.45, 7) is 2.61. The zero-order chi connectivity index (χ0) is 20.9. The Bertz CT molecular complexity index is 1180. The van der Waals surface area contributed by atoms with Gasteiger partial charge in [0.1, 0.15) is 5.82 Å². The highest BCUT2D eigenvalue weighted by molar-refractivity contribution is 6.30. The first-order valence-corrected chi connectivity index (χ1v) is 10.2. The van der Waals surface area contributed by atoms with Crippen LogP contribution in [0.3, 0.4) is 0 Å². The Hall–Kier alpha value is -3.37. The van der Waals surface area contributed by atoms with E-state index in [2.05, 4.69) is 40.2 Å². The number of carbonyl (C=O) groups is 1. The van der Waals surface area contributed by atoms with Crippen molar-refractivity contribution in [2.45, 2.75) is 19.5 Å². The van der Waals surface area contributed by atoms with Gasteiger partial charge in [-0.15, -0.1) is 0 Å². The van der Waals surface area contributed by atoms with Crippen LogP contribution in [0.25, 0.3) is 17.1 Å². The number of para-hydroxylation sites is 2. The summed E-state index contributed by atoms with van der Waals surface area (Å²) in [7, 11) is 0. The maximum Gasteiger partial charge on any atom is 0.251 e. The molecule has 1 heterocycles. The van der Waals surface area contributed by atoms with Crippen LogP contribution < -0.4 is 5.32 Å². The van der Waals surface area contributed by atoms with Gasteiger partial charge in [-0.1, -0.05) is 66.2 Å². The van der Waals surface area contributed by atoms with E-state index in [0.29, 0.717) is 17.1 Å². The lowest BCUT2D eigenvalue weighted by atomic mass is 10.2. The molecule has 0 saturated carbocycles. The number of fused-ring (bicyclic) bond motifs is 1. The van der Waals surface area contributed by atoms with E-state index >= 15 is 0 Å². The second-order valence-corrected chi connectivity index (χ2v) is 7.52. The molecule has 0 saturated heterocycles. The molecule has 1 aromatic heterocycles. The molecule has 0 spiro atoms. The second-order valence-electron chi connectivity index (χ2n) is 7.08. The third kappa shape index (κ3) is 4.44. The Labute approximate surface area is 180 Å². The van der Waals surface area contributed by atoms with Crippen molar-refractivity contribution >= 4 is 34.6 Å². The number of benzene rings is 3. The van der Waals surface area contributed by atoms with Crippen molar-refractivity contribution in [3.05, 3.63) is 107 Å². The molecule has 0 bridgehead atoms. The predicted molar refractivity (Wildman–Crippen MR) is 123 cm³/mol. The molecule has 4 nitrogen and oxygen atoms in total. The van der Waals surface area contributed by atoms with Crippen molar-refractivity contribution in [2.24, 2.45) is 0 Å². The zero-order valence-electron chi connectivity index (χ0n) is 16.6. The monoisotopic (exact) mass is 415 g/mol. The van der Waals surface area contributed by atoms with Gasteiger partial charge in [0.15, 0.2) is 0 Å². The van der Waals surface area contributed by atoms with Crippen molar-refractivity contribution in [3.63, 3.8) is 0 Å². The topological polar surface area (TPSA) is 46.9 Å². The third-order valence-corrected chi connectivity index (χ3v) is 5.18. The van der Waals surface area contributed by atoms with Crippen LogP contribution in [0.1, 0.15) is 34.7 Å². The van der Waals surface area contributed by atoms with Gasteiger partial charge in [-0.25, -0.2) is 4.98 Å². The van der Waals surface area contributed by atoms with E-state index < -0.39 is 0 Å². The van der Waals surface area contributed by atoms with Crippen LogP contribution in [0.5, 0.6) is 0 Å². The molecule has 0 aliphatic heterocycles. The summed E-state index contributed by atoms with van der Waals surface area (Å²) in [5, 5.41) is 3.66. The maximum absolute atomic E-state index is 12.7. The number of allylic oxidation sites excluding steroid dienone is 1. The molecule has 1 N–H and O–H groups in total. The molecule has 4 aromatic rings. The van der Waals surface area contributed by atoms with Crippen LogP contribution in [0.4, 0.5) is 0 Å². The predicted octanol–water partition coefficient (Wildman–Crippen LogP) is 5.89. The van der Waals surface area contributed by atoms with Crippen LogP contribution in [-0.2, 0) is 6.54 Å². The number of nitrogens with one attached hydrogen (secondary N) is 1. The molecule has 5 heteroatoms. The number of carbonyl (C=O) groups excluding carboxylic acids is 1. The molecule has 1 amide bonds. The van der Waals surface area contributed by atoms with Crippen molar-refractivity contribution in [2.75, 3.05) is 0 Å². The Morgan fingerprint density at radius 1 is 1.03 bits per heavy atom. The van der Waals surface area contributed by atoms with Crippen LogP contribution in [-0.4, -0.2) is 15.5 Å². The maximum atomic E-state index is 12.7. The molecule has 0 aliphatic carbocycles. The highest BCUT2D eigenvalue weighted by atomic mass is 35.5. The fourth-order valence-electron chi connectivity index (χ4n) is 3.42. The minimum Gasteiger partial charge on any atom is -0.342 e. The van der Waals surface area contributed by atoms with E-state index in [4.69, 9.17) is 16.6 Å². The molecule has 4 rings (SSSR count). The molecule has 0 radical (unpaired) electrons. The van der Waals surface area contributed by atoms with Crippen molar-refractivity contribution in [1.29, 1.82) is 0 Å². The molecule has 150 valence electrons. The Balaban J connectivity index is 1.59. The Morgan fingerprint density at radius 3 is 2.50 bits per heavy atom. The van der Waals surface area contributed by atoms with Crippen molar-refractivity contribution in [1.82, 2.24) is 14.9 Å². The Kier molecular flexibility index (Phi) is 5.96. The van der Waals surface area contributed by atoms with E-state index in [1.54, 1.807) is 24.3 Å². The molecular formula is C25H22ClN3O. The van der Waals surface area contributed by atoms with Gasteiger partial charge in [0.2, 0.25) is 0 Å². The van der Waals surface area contributed by atoms with Crippen LogP contribution in [0.15, 0.2) is 84.9 Å². The lowest BCUT2D eigenvalue weighted by Gasteiger charge is -2.15. The molecule has 1 atom stereocenters. The fourth-order valence-corrected chi connectivity index (χ4v) is 3.55. The van der Waals surface area contributed by atoms with Crippen LogP contribution in [0.2, 0.25) is 5.02 Å². The zero-order valence-corrected chi connectivity index (χ0v) is 17.4. The average Bonchev–Trinajstić information content (AvgIpc) is 3.14. The van der Waals surface area contributed by atoms with E-state index in [1.165, 1.54) is 0 Å². The molecule has 3 aromatic carbocycles. The molecule has 30 heavy (non-hydrogen) atoms. The number of imidazole rings is 1. The standard InChI is InChI=1S/C25H22ClN3O/c1-18(27-25(30)20-13-15-21(26)16-14-20)24-28-22-11-5-6-12-23(22)29(24)17-7-10-19-8-3-2-4-9-19/h2-16,18H,17H2,1H3,(H,27,30)/b10-7+. The summed E-state index contributed by atoms with van der Waals surface area (Å²) in [4.78, 5) is 17.5. The van der Waals surface area contributed by atoms with Crippen LogP contribution in [0, 0.1) is 0 Å². The van der Waals surface area contributed by atoms with Gasteiger partial charge in [0.05, 0.1) is 17.1 Å². The summed E-state index contributed by atoms with van der Waals surface area (Å²) < 4.78 is 2.14. The van der Waals surface area contributed by atoms with Gasteiger partial charge >= 0.3 is 0 Å². The van der Waals surface area contributed by atoms with Crippen molar-refractivity contribution in [3.8, 4) is 0 Å². The number of aromatic nitrogens is 2. The number of nitrogens with zero attached hydrogens (tertiary/aromatic N) is 2. The lowest BCUT2D eigenvalue weighted by molar-refractivity contribution is 0.0938. The SMILES string of the molecule is CC(NC(=O)c1ccc(Cl)cc1)c1nc2ccccc2n1C/C=C/c1ccccc1. The van der Waals surface area contributed by atoms with Gasteiger partial charge in [-0.3, -0.25) is 4.79 Å². The first kappa shape index (κ1) is 19.9. The van der Waals surface area contributed by atoms with E-state index in [9.17, 15) is 4.79 Å². The molecular weight excluding hydrogens is 394 g/mol. The number of amides is 1. The van der Waals surface area contributed by atoms with Crippen molar-refractivity contribution < 1.29 is 4.79 Å². The molecule has 0 aliphatic rings. The lowest BCUT2D eigenvalue weighted by Crippen LogP contribution is -2.28. The largest absolute Gasteiger partial charge is 0.342 e. The van der Waals surface area contributed by atoms with Crippen LogP contribution >= 0.6 is 11.6 Å². The number of rotatable bonds is 6. The fraction of sp³-hybridized carbons (Fsp3) is 0.120. The summed E-state index contributed by atoms with van der Waals surface area (Å²) in [5.41, 5.74) is 3.66. The first-order valence-electron chi connectivity index (χ1n) is 9.85. The number of hydrogen-bond donors (Lipinski definition) is 1. The van der Waals surface area contributed by atoms with E-state index in [-0.39, 0.29) is 11.9 Å². The molecule has 1 unspecified atom stereocenters. The summed E-state index contributed by atoms with van der Waals surface area (Å²) in [6, 6.07) is 24.8. The van der Waals surface area contributed by atoms with E-state index in [1.807, 2.05) is 43.3 Å². The van der Waals surface area contributed by atoms with Gasteiger partial charge in [-0.2, -0.15) is 0 Å². The normalized spacial score (nSPS) is 12.3. The van der Waals surface area contributed by atoms with Gasteiger partial charge in [0.25, 0.3) is 5.91 Å². The molecule has 0 fully saturated rings. The summed E-state index contributed by atoms with van der Waals surface area (Å²) >= 11 is 5.93. The third-order valence-electron chi connectivity index (χ3n) is 4.92. The van der Waals surface area contributed by atoms with Gasteiger partial charge < -0.3 is 9.88 Å². The van der Waals surface area contributed by atoms with Gasteiger partial charge in [0, 0.05) is 17.1 Å². The summed E-state index contributed by atoms with van der Waals surface area (Å²) in [6.07, 6.45) is 4.20. The van der Waals surface area contributed by atoms with Gasteiger partial charge in [-0.05, 0) is 48.9 Å². The minimum atomic E-state index is -0.259. The highest BCUT2D eigenvalue weighted by Gasteiger charge is 2.18. The summed E-state index contributed by atoms with van der Waals surface area (Å²) in [5.74, 6) is 0.661. The minimum absolute atomic E-state index is 0.155. The average molecular weight is 416 g/mol. The smallest absolute Gasteiger partial charge is 0.251 e.